The Morgan fingerprint density at radius 1 is 1.50 bits per heavy atom. The lowest BCUT2D eigenvalue weighted by atomic mass is 10.0. The molecule has 1 atom stereocenters. The van der Waals surface area contributed by atoms with Crippen LogP contribution in [0, 0.1) is 0 Å². The van der Waals surface area contributed by atoms with E-state index in [4.69, 9.17) is 0 Å². The summed E-state index contributed by atoms with van der Waals surface area (Å²) in [4.78, 5) is 22.7. The van der Waals surface area contributed by atoms with Crippen molar-refractivity contribution in [2.75, 3.05) is 5.32 Å². The van der Waals surface area contributed by atoms with Crippen LogP contribution in [0.2, 0.25) is 0 Å². The highest BCUT2D eigenvalue weighted by molar-refractivity contribution is 6.04. The van der Waals surface area contributed by atoms with Crippen molar-refractivity contribution in [2.24, 2.45) is 0 Å². The third-order valence-electron chi connectivity index (χ3n) is 2.70. The molecule has 1 heterocycles. The van der Waals surface area contributed by atoms with Gasteiger partial charge in [-0.1, -0.05) is 19.1 Å². The number of amides is 2. The van der Waals surface area contributed by atoms with Crippen molar-refractivity contribution >= 4 is 17.5 Å². The number of aryl methyl sites for hydroxylation is 1. The van der Waals surface area contributed by atoms with Gasteiger partial charge in [-0.05, 0) is 18.1 Å². The summed E-state index contributed by atoms with van der Waals surface area (Å²) in [6.45, 7) is 3.47. The highest BCUT2D eigenvalue weighted by Crippen LogP contribution is 2.31. The zero-order valence-corrected chi connectivity index (χ0v) is 9.33. The molecule has 0 aromatic heterocycles. The first-order chi connectivity index (χ1) is 7.61. The Morgan fingerprint density at radius 2 is 2.25 bits per heavy atom. The Hall–Kier alpha value is -1.84. The van der Waals surface area contributed by atoms with Gasteiger partial charge in [-0.25, -0.2) is 0 Å². The van der Waals surface area contributed by atoms with E-state index in [0.717, 1.165) is 23.2 Å². The molecule has 0 fully saturated rings. The van der Waals surface area contributed by atoms with Crippen molar-refractivity contribution in [1.29, 1.82) is 0 Å². The standard InChI is InChI=1S/C12H14N2O2/c1-3-8-4-5-10-9(6-8)11(12(16)14-10)13-7(2)15/h4-6,11H,3H2,1-2H3,(H,13,15)(H,14,16)/t11-/m0/s1. The normalized spacial score (nSPS) is 17.9. The van der Waals surface area contributed by atoms with Crippen molar-refractivity contribution in [1.82, 2.24) is 5.32 Å². The Labute approximate surface area is 94.0 Å². The van der Waals surface area contributed by atoms with Crippen LogP contribution in [0.25, 0.3) is 0 Å². The minimum absolute atomic E-state index is 0.168. The number of nitrogens with one attached hydrogen (secondary N) is 2. The van der Waals surface area contributed by atoms with Gasteiger partial charge in [0.05, 0.1) is 0 Å². The van der Waals surface area contributed by atoms with Gasteiger partial charge in [0.15, 0.2) is 0 Å². The fourth-order valence-corrected chi connectivity index (χ4v) is 1.88. The lowest BCUT2D eigenvalue weighted by Crippen LogP contribution is -2.31. The molecule has 1 aromatic rings. The van der Waals surface area contributed by atoms with Gasteiger partial charge in [0, 0.05) is 18.2 Å². The molecular weight excluding hydrogens is 204 g/mol. The minimum Gasteiger partial charge on any atom is -0.341 e. The maximum atomic E-state index is 11.6. The highest BCUT2D eigenvalue weighted by atomic mass is 16.2. The van der Waals surface area contributed by atoms with Gasteiger partial charge in [-0.2, -0.15) is 0 Å². The largest absolute Gasteiger partial charge is 0.341 e. The Kier molecular flexibility index (Phi) is 2.64. The average molecular weight is 218 g/mol. The second-order valence-corrected chi connectivity index (χ2v) is 3.90. The third kappa shape index (κ3) is 1.78. The molecule has 4 nitrogen and oxygen atoms in total. The fourth-order valence-electron chi connectivity index (χ4n) is 1.88. The van der Waals surface area contributed by atoms with Crippen LogP contribution in [0.1, 0.15) is 31.0 Å². The van der Waals surface area contributed by atoms with E-state index in [1.165, 1.54) is 6.92 Å². The van der Waals surface area contributed by atoms with E-state index < -0.39 is 6.04 Å². The van der Waals surface area contributed by atoms with Crippen molar-refractivity contribution in [3.05, 3.63) is 29.3 Å². The molecule has 4 heteroatoms. The lowest BCUT2D eigenvalue weighted by molar-refractivity contribution is -0.124. The molecular formula is C12H14N2O2. The number of rotatable bonds is 2. The van der Waals surface area contributed by atoms with Crippen LogP contribution in [0.15, 0.2) is 18.2 Å². The molecule has 0 aliphatic carbocycles. The molecule has 0 bridgehead atoms. The van der Waals surface area contributed by atoms with Crippen molar-refractivity contribution in [3.63, 3.8) is 0 Å². The quantitative estimate of drug-likeness (QED) is 0.787. The average Bonchev–Trinajstić information content (AvgIpc) is 2.54. The molecule has 0 unspecified atom stereocenters. The van der Waals surface area contributed by atoms with E-state index >= 15 is 0 Å². The molecule has 1 aliphatic heterocycles. The van der Waals surface area contributed by atoms with Gasteiger partial charge in [0.1, 0.15) is 6.04 Å². The summed E-state index contributed by atoms with van der Waals surface area (Å²) in [5.74, 6) is -0.367. The summed E-state index contributed by atoms with van der Waals surface area (Å²) >= 11 is 0. The summed E-state index contributed by atoms with van der Waals surface area (Å²) in [6.07, 6.45) is 0.911. The molecule has 84 valence electrons. The van der Waals surface area contributed by atoms with Gasteiger partial charge in [-0.15, -0.1) is 0 Å². The topological polar surface area (TPSA) is 58.2 Å². The van der Waals surface area contributed by atoms with Crippen molar-refractivity contribution < 1.29 is 9.59 Å². The third-order valence-corrected chi connectivity index (χ3v) is 2.70. The first-order valence-corrected chi connectivity index (χ1v) is 5.32. The molecule has 0 saturated heterocycles. The smallest absolute Gasteiger partial charge is 0.251 e. The zero-order valence-electron chi connectivity index (χ0n) is 9.33. The number of anilines is 1. The molecule has 0 spiro atoms. The number of carbonyl (C=O) groups is 2. The molecule has 0 radical (unpaired) electrons. The predicted molar refractivity (Wildman–Crippen MR) is 61.0 cm³/mol. The van der Waals surface area contributed by atoms with Gasteiger partial charge in [-0.3, -0.25) is 9.59 Å². The van der Waals surface area contributed by atoms with Crippen LogP contribution in [-0.4, -0.2) is 11.8 Å². The van der Waals surface area contributed by atoms with Crippen LogP contribution >= 0.6 is 0 Å². The fraction of sp³-hybridized carbons (Fsp3) is 0.333. The van der Waals surface area contributed by atoms with E-state index in [2.05, 4.69) is 17.6 Å². The minimum atomic E-state index is -0.543. The second-order valence-electron chi connectivity index (χ2n) is 3.90. The van der Waals surface area contributed by atoms with Crippen LogP contribution < -0.4 is 10.6 Å². The Balaban J connectivity index is 2.37. The van der Waals surface area contributed by atoms with E-state index in [0.29, 0.717) is 0 Å². The molecule has 1 aliphatic rings. The summed E-state index contributed by atoms with van der Waals surface area (Å²) in [5, 5.41) is 5.40. The molecule has 2 rings (SSSR count). The van der Waals surface area contributed by atoms with Gasteiger partial charge >= 0.3 is 0 Å². The van der Waals surface area contributed by atoms with Crippen LogP contribution in [-0.2, 0) is 16.0 Å². The maximum Gasteiger partial charge on any atom is 0.251 e. The molecule has 2 N–H and O–H groups in total. The Morgan fingerprint density at radius 3 is 2.88 bits per heavy atom. The number of fused-ring (bicyclic) bond motifs is 1. The van der Waals surface area contributed by atoms with Gasteiger partial charge in [0.2, 0.25) is 5.91 Å². The first kappa shape index (κ1) is 10.7. The number of carbonyl (C=O) groups excluding carboxylic acids is 2. The number of hydrogen-bond donors (Lipinski definition) is 2. The monoisotopic (exact) mass is 218 g/mol. The zero-order chi connectivity index (χ0) is 11.7. The predicted octanol–water partition coefficient (Wildman–Crippen LogP) is 1.38. The molecule has 1 aromatic carbocycles. The second kappa shape index (κ2) is 3.96. The summed E-state index contributed by atoms with van der Waals surface area (Å²) < 4.78 is 0. The summed E-state index contributed by atoms with van der Waals surface area (Å²) in [6, 6.07) is 5.29. The maximum absolute atomic E-state index is 11.6. The van der Waals surface area contributed by atoms with Crippen LogP contribution in [0.4, 0.5) is 5.69 Å². The van der Waals surface area contributed by atoms with Crippen LogP contribution in [0.3, 0.4) is 0 Å². The number of hydrogen-bond acceptors (Lipinski definition) is 2. The molecule has 2 amide bonds. The molecule has 16 heavy (non-hydrogen) atoms. The summed E-state index contributed by atoms with van der Waals surface area (Å²) in [7, 11) is 0. The first-order valence-electron chi connectivity index (χ1n) is 5.32. The van der Waals surface area contributed by atoms with E-state index in [-0.39, 0.29) is 11.8 Å². The van der Waals surface area contributed by atoms with Crippen molar-refractivity contribution in [2.45, 2.75) is 26.3 Å². The Bertz CT molecular complexity index is 454. The lowest BCUT2D eigenvalue weighted by Gasteiger charge is -2.10. The van der Waals surface area contributed by atoms with E-state index in [1.807, 2.05) is 18.2 Å². The van der Waals surface area contributed by atoms with E-state index in [9.17, 15) is 9.59 Å². The van der Waals surface area contributed by atoms with Gasteiger partial charge < -0.3 is 10.6 Å². The number of benzene rings is 1. The van der Waals surface area contributed by atoms with Crippen molar-refractivity contribution in [3.8, 4) is 0 Å². The van der Waals surface area contributed by atoms with Gasteiger partial charge in [0.25, 0.3) is 5.91 Å². The van der Waals surface area contributed by atoms with Crippen LogP contribution in [0.5, 0.6) is 0 Å². The summed E-state index contributed by atoms with van der Waals surface area (Å²) in [5.41, 5.74) is 2.81. The SMILES string of the molecule is CCc1ccc2c(c1)[C@H](NC(C)=O)C(=O)N2. The molecule has 0 saturated carbocycles. The van der Waals surface area contributed by atoms with E-state index in [1.54, 1.807) is 0 Å². The highest BCUT2D eigenvalue weighted by Gasteiger charge is 2.30.